The van der Waals surface area contributed by atoms with E-state index in [0.29, 0.717) is 5.69 Å². The van der Waals surface area contributed by atoms with Gasteiger partial charge in [-0.05, 0) is 53.1 Å². The largest absolute Gasteiger partial charge is 0.508 e. The number of phenols is 1. The molecule has 8 rings (SSSR count). The van der Waals surface area contributed by atoms with Crippen LogP contribution in [-0.4, -0.2) is 82.8 Å². The van der Waals surface area contributed by atoms with Crippen molar-refractivity contribution < 1.29 is 19.5 Å². The van der Waals surface area contributed by atoms with Crippen molar-refractivity contribution in [2.45, 2.75) is 38.3 Å². The van der Waals surface area contributed by atoms with Crippen molar-refractivity contribution in [1.29, 1.82) is 0 Å². The molecule has 53 heavy (non-hydrogen) atoms. The molecule has 0 unspecified atom stereocenters. The van der Waals surface area contributed by atoms with Gasteiger partial charge in [-0.15, -0.1) is 0 Å². The van der Waals surface area contributed by atoms with Crippen LogP contribution in [0.15, 0.2) is 134 Å². The molecule has 0 aliphatic carbocycles. The molecule has 2 aliphatic rings. The molecule has 0 saturated carbocycles. The highest BCUT2D eigenvalue weighted by atomic mass is 16.3. The number of para-hydroxylation sites is 2. The van der Waals surface area contributed by atoms with Crippen molar-refractivity contribution in [3.8, 4) is 11.4 Å². The van der Waals surface area contributed by atoms with Crippen molar-refractivity contribution in [3.05, 3.63) is 156 Å². The zero-order chi connectivity index (χ0) is 36.3. The third-order valence-electron chi connectivity index (χ3n) is 9.78. The molecule has 4 aromatic carbocycles. The predicted molar refractivity (Wildman–Crippen MR) is 198 cm³/mol. The second kappa shape index (κ2) is 14.6. The first-order chi connectivity index (χ1) is 25.9. The average Bonchev–Trinajstić information content (AvgIpc) is 3.66. The summed E-state index contributed by atoms with van der Waals surface area (Å²) in [4.78, 5) is 51.3. The number of rotatable bonds is 9. The van der Waals surface area contributed by atoms with E-state index in [9.17, 15) is 19.5 Å². The van der Waals surface area contributed by atoms with Crippen molar-refractivity contribution in [2.24, 2.45) is 0 Å². The van der Waals surface area contributed by atoms with Crippen LogP contribution >= 0.6 is 0 Å². The molecule has 2 saturated heterocycles. The number of amides is 4. The summed E-state index contributed by atoms with van der Waals surface area (Å²) < 4.78 is 1.76. The minimum atomic E-state index is -0.905. The zero-order valence-corrected chi connectivity index (χ0v) is 28.9. The van der Waals surface area contributed by atoms with Crippen LogP contribution in [0.2, 0.25) is 0 Å². The van der Waals surface area contributed by atoms with E-state index in [2.05, 4.69) is 10.3 Å². The van der Waals surface area contributed by atoms with Gasteiger partial charge in [0.15, 0.2) is 0 Å². The lowest BCUT2D eigenvalue weighted by Gasteiger charge is -2.55. The molecule has 12 heteroatoms. The Morgan fingerprint density at radius 1 is 0.811 bits per heavy atom. The molecule has 4 amide bonds. The van der Waals surface area contributed by atoms with E-state index in [1.54, 1.807) is 55.0 Å². The minimum Gasteiger partial charge on any atom is -0.508 e. The summed E-state index contributed by atoms with van der Waals surface area (Å²) in [6.07, 6.45) is 2.96. The Labute approximate surface area is 306 Å². The number of benzene rings is 4. The number of fused-ring (bicyclic) bond motifs is 2. The number of hydrazine groups is 1. The van der Waals surface area contributed by atoms with Gasteiger partial charge in [-0.1, -0.05) is 84.9 Å². The highest BCUT2D eigenvalue weighted by molar-refractivity contribution is 5.92. The lowest BCUT2D eigenvalue weighted by Crippen LogP contribution is -2.76. The molecule has 12 nitrogen and oxygen atoms in total. The third kappa shape index (κ3) is 7.04. The number of phenolic OH excluding ortho intramolecular Hbond substituents is 1. The molecule has 0 radical (unpaired) electrons. The Balaban J connectivity index is 1.16. The summed E-state index contributed by atoms with van der Waals surface area (Å²) in [5, 5.41) is 22.1. The van der Waals surface area contributed by atoms with E-state index in [0.717, 1.165) is 33.3 Å². The maximum Gasteiger partial charge on any atom is 0.334 e. The maximum atomic E-state index is 14.6. The van der Waals surface area contributed by atoms with Gasteiger partial charge >= 0.3 is 6.03 Å². The molecule has 0 spiro atoms. The topological polar surface area (TPSA) is 127 Å². The Hall–Kier alpha value is -6.53. The maximum absolute atomic E-state index is 14.6. The van der Waals surface area contributed by atoms with Gasteiger partial charge in [0.05, 0.1) is 36.5 Å². The van der Waals surface area contributed by atoms with Crippen molar-refractivity contribution >= 4 is 28.7 Å². The first-order valence-electron chi connectivity index (χ1n) is 17.6. The first kappa shape index (κ1) is 33.6. The Bertz CT molecular complexity index is 2240. The Kier molecular flexibility index (Phi) is 9.26. The summed E-state index contributed by atoms with van der Waals surface area (Å²) in [7, 11) is 0. The average molecular weight is 707 g/mol. The number of carbonyl (C=O) groups excluding carboxylic acids is 3. The molecule has 2 fully saturated rings. The second-order valence-electron chi connectivity index (χ2n) is 13.3. The van der Waals surface area contributed by atoms with Gasteiger partial charge in [0.25, 0.3) is 0 Å². The fourth-order valence-electron chi connectivity index (χ4n) is 7.24. The van der Waals surface area contributed by atoms with Crippen molar-refractivity contribution in [2.75, 3.05) is 13.1 Å². The van der Waals surface area contributed by atoms with Gasteiger partial charge in [0.2, 0.25) is 11.8 Å². The predicted octanol–water partition coefficient (Wildman–Crippen LogP) is 4.88. The van der Waals surface area contributed by atoms with Crippen LogP contribution in [0.25, 0.3) is 16.6 Å². The van der Waals surface area contributed by atoms with Crippen LogP contribution in [0.1, 0.15) is 22.4 Å². The molecule has 6 aromatic rings. The standard InChI is InChI=1S/C41H38N8O4/c50-35-18-16-29(17-19-35)23-36-40(52)45(25-32-12-7-11-31-13-8-21-42-39(31)32)27-37-48(36)38(51)28-46(49(37)41(53)43-24-30-9-3-1-4-10-30)26-33-20-22-47(44-33)34-14-5-2-6-15-34/h1-22,36-37,50H,23-28H2,(H,43,53)/t36-,37-/m0/s1. The molecular formula is C41H38N8O4. The fourth-order valence-corrected chi connectivity index (χ4v) is 7.24. The number of urea groups is 1. The van der Waals surface area contributed by atoms with E-state index in [1.165, 1.54) is 0 Å². The number of nitrogens with zero attached hydrogens (tertiary/aromatic N) is 7. The molecular weight excluding hydrogens is 669 g/mol. The van der Waals surface area contributed by atoms with Gasteiger partial charge in [0, 0.05) is 37.3 Å². The molecule has 0 bridgehead atoms. The van der Waals surface area contributed by atoms with E-state index in [4.69, 9.17) is 5.10 Å². The van der Waals surface area contributed by atoms with Crippen LogP contribution < -0.4 is 5.32 Å². The van der Waals surface area contributed by atoms with Gasteiger partial charge < -0.3 is 20.2 Å². The summed E-state index contributed by atoms with van der Waals surface area (Å²) in [5.74, 6) is -0.393. The van der Waals surface area contributed by atoms with E-state index in [-0.39, 0.29) is 56.7 Å². The quantitative estimate of drug-likeness (QED) is 0.220. The lowest BCUT2D eigenvalue weighted by atomic mass is 9.98. The third-order valence-corrected chi connectivity index (χ3v) is 9.78. The molecule has 2 atom stereocenters. The second-order valence-corrected chi connectivity index (χ2v) is 13.3. The number of pyridine rings is 1. The first-order valence-corrected chi connectivity index (χ1v) is 17.6. The van der Waals surface area contributed by atoms with Gasteiger partial charge in [-0.25, -0.2) is 14.5 Å². The SMILES string of the molecule is O=C1[C@H](Cc2ccc(O)cc2)N2C(=O)CN(Cc3ccn(-c4ccccc4)n3)N(C(=O)NCc3ccccc3)[C@H]2CN1Cc1cccc2cccnc12. The highest BCUT2D eigenvalue weighted by Crippen LogP contribution is 2.31. The van der Waals surface area contributed by atoms with Crippen LogP contribution in [0, 0.1) is 0 Å². The number of piperazine rings is 1. The van der Waals surface area contributed by atoms with Gasteiger partial charge in [-0.3, -0.25) is 14.6 Å². The number of aromatic nitrogens is 3. The summed E-state index contributed by atoms with van der Waals surface area (Å²) >= 11 is 0. The van der Waals surface area contributed by atoms with Crippen LogP contribution in [0.3, 0.4) is 0 Å². The molecule has 2 N–H and O–H groups in total. The lowest BCUT2D eigenvalue weighted by molar-refractivity contribution is -0.192. The monoisotopic (exact) mass is 706 g/mol. The van der Waals surface area contributed by atoms with Crippen LogP contribution in [0.4, 0.5) is 4.79 Å². The Morgan fingerprint density at radius 3 is 2.36 bits per heavy atom. The zero-order valence-electron chi connectivity index (χ0n) is 28.9. The van der Waals surface area contributed by atoms with Crippen molar-refractivity contribution in [3.63, 3.8) is 0 Å². The van der Waals surface area contributed by atoms with E-state index < -0.39 is 18.2 Å². The number of hydrogen-bond donors (Lipinski definition) is 2. The number of carbonyl (C=O) groups is 3. The van der Waals surface area contributed by atoms with Gasteiger partial charge in [-0.2, -0.15) is 10.1 Å². The number of hydrogen-bond acceptors (Lipinski definition) is 7. The summed E-state index contributed by atoms with van der Waals surface area (Å²) in [6.45, 7) is 0.624. The fraction of sp³-hybridized carbons (Fsp3) is 0.195. The number of aromatic hydroxyl groups is 1. The van der Waals surface area contributed by atoms with Crippen LogP contribution in [0.5, 0.6) is 5.75 Å². The molecule has 2 aromatic heterocycles. The molecule has 4 heterocycles. The molecule has 2 aliphatic heterocycles. The van der Waals surface area contributed by atoms with Crippen LogP contribution in [-0.2, 0) is 35.6 Å². The van der Waals surface area contributed by atoms with Crippen molar-refractivity contribution in [1.82, 2.24) is 39.9 Å². The summed E-state index contributed by atoms with van der Waals surface area (Å²) in [6, 6.07) is 36.3. The molecule has 266 valence electrons. The number of nitrogens with one attached hydrogen (secondary N) is 1. The van der Waals surface area contributed by atoms with E-state index in [1.807, 2.05) is 103 Å². The Morgan fingerprint density at radius 2 is 1.57 bits per heavy atom. The smallest absolute Gasteiger partial charge is 0.334 e. The highest BCUT2D eigenvalue weighted by Gasteiger charge is 2.51. The summed E-state index contributed by atoms with van der Waals surface area (Å²) in [5.41, 5.74) is 4.90. The van der Waals surface area contributed by atoms with E-state index >= 15 is 0 Å². The normalized spacial score (nSPS) is 17.6. The minimum absolute atomic E-state index is 0.0770. The van der Waals surface area contributed by atoms with Gasteiger partial charge in [0.1, 0.15) is 18.0 Å².